The fourth-order valence-electron chi connectivity index (χ4n) is 2.12. The molecule has 104 valence electrons. The summed E-state index contributed by atoms with van der Waals surface area (Å²) in [4.78, 5) is 11.5. The van der Waals surface area contributed by atoms with Gasteiger partial charge in [0.05, 0.1) is 6.54 Å². The van der Waals surface area contributed by atoms with Gasteiger partial charge in [0.2, 0.25) is 5.91 Å². The van der Waals surface area contributed by atoms with Crippen molar-refractivity contribution in [2.75, 3.05) is 13.1 Å². The molecule has 1 unspecified atom stereocenters. The van der Waals surface area contributed by atoms with Gasteiger partial charge in [-0.3, -0.25) is 4.79 Å². The van der Waals surface area contributed by atoms with Gasteiger partial charge in [-0.2, -0.15) is 0 Å². The van der Waals surface area contributed by atoms with Crippen molar-refractivity contribution in [3.05, 3.63) is 28.8 Å². The van der Waals surface area contributed by atoms with Crippen LogP contribution in [0, 0.1) is 0 Å². The van der Waals surface area contributed by atoms with E-state index in [0.29, 0.717) is 13.1 Å². The number of ether oxygens (including phenoxy) is 1. The third-order valence-corrected chi connectivity index (χ3v) is 3.11. The molecule has 1 aliphatic heterocycles. The van der Waals surface area contributed by atoms with E-state index in [-0.39, 0.29) is 18.1 Å². The molecule has 0 radical (unpaired) electrons. The number of amides is 1. The van der Waals surface area contributed by atoms with Crippen LogP contribution in [0.25, 0.3) is 0 Å². The van der Waals surface area contributed by atoms with Crippen LogP contribution in [-0.2, 0) is 11.2 Å². The zero-order valence-electron chi connectivity index (χ0n) is 11.2. The molecule has 0 fully saturated rings. The Balaban J connectivity index is 1.74. The van der Waals surface area contributed by atoms with Crippen molar-refractivity contribution in [2.45, 2.75) is 32.4 Å². The minimum absolute atomic E-state index is 0.00792. The van der Waals surface area contributed by atoms with Crippen molar-refractivity contribution in [3.8, 4) is 5.75 Å². The smallest absolute Gasteiger partial charge is 0.234 e. The molecule has 2 N–H and O–H groups in total. The van der Waals surface area contributed by atoms with Crippen molar-refractivity contribution in [3.63, 3.8) is 0 Å². The number of hydrogen-bond donors (Lipinski definition) is 2. The fraction of sp³-hybridized carbons (Fsp3) is 0.500. The average Bonchev–Trinajstić information content (AvgIpc) is 2.69. The molecule has 1 heterocycles. The van der Waals surface area contributed by atoms with Crippen molar-refractivity contribution in [2.24, 2.45) is 0 Å². The summed E-state index contributed by atoms with van der Waals surface area (Å²) in [5.41, 5.74) is 1.13. The standard InChI is InChI=1S/C14H19ClN2O2/c1-9(2)17-14(18)8-16-7-12-6-10-5-11(15)3-4-13(10)19-12/h3-5,9,12,16H,6-8H2,1-2H3,(H,17,18). The van der Waals surface area contributed by atoms with Crippen LogP contribution >= 0.6 is 11.6 Å². The van der Waals surface area contributed by atoms with Crippen LogP contribution in [0.5, 0.6) is 5.75 Å². The Morgan fingerprint density at radius 1 is 1.53 bits per heavy atom. The van der Waals surface area contributed by atoms with Gasteiger partial charge in [0.25, 0.3) is 0 Å². The number of rotatable bonds is 5. The highest BCUT2D eigenvalue weighted by molar-refractivity contribution is 6.30. The first-order valence-electron chi connectivity index (χ1n) is 6.50. The van der Waals surface area contributed by atoms with E-state index in [1.165, 1.54) is 0 Å². The van der Waals surface area contributed by atoms with Gasteiger partial charge in [0.15, 0.2) is 0 Å². The van der Waals surface area contributed by atoms with E-state index in [2.05, 4.69) is 10.6 Å². The molecule has 1 atom stereocenters. The Hall–Kier alpha value is -1.26. The van der Waals surface area contributed by atoms with E-state index in [4.69, 9.17) is 16.3 Å². The van der Waals surface area contributed by atoms with Gasteiger partial charge in [0, 0.05) is 24.0 Å². The Morgan fingerprint density at radius 2 is 2.32 bits per heavy atom. The summed E-state index contributed by atoms with van der Waals surface area (Å²) in [5.74, 6) is 0.899. The van der Waals surface area contributed by atoms with Crippen molar-refractivity contribution in [1.29, 1.82) is 0 Å². The predicted molar refractivity (Wildman–Crippen MR) is 75.7 cm³/mol. The second-order valence-electron chi connectivity index (χ2n) is 5.05. The van der Waals surface area contributed by atoms with E-state index >= 15 is 0 Å². The molecule has 0 saturated carbocycles. The summed E-state index contributed by atoms with van der Waals surface area (Å²) in [6, 6.07) is 5.82. The number of benzene rings is 1. The molecule has 4 nitrogen and oxygen atoms in total. The lowest BCUT2D eigenvalue weighted by molar-refractivity contribution is -0.120. The zero-order valence-corrected chi connectivity index (χ0v) is 12.0. The topological polar surface area (TPSA) is 50.4 Å². The molecule has 0 bridgehead atoms. The van der Waals surface area contributed by atoms with Gasteiger partial charge >= 0.3 is 0 Å². The quantitative estimate of drug-likeness (QED) is 0.865. The van der Waals surface area contributed by atoms with Crippen LogP contribution in [0.3, 0.4) is 0 Å². The first-order valence-corrected chi connectivity index (χ1v) is 6.87. The van der Waals surface area contributed by atoms with Crippen molar-refractivity contribution < 1.29 is 9.53 Å². The molecule has 1 aromatic carbocycles. The molecule has 0 aliphatic carbocycles. The van der Waals surface area contributed by atoms with Crippen LogP contribution in [0.4, 0.5) is 0 Å². The molecule has 0 aromatic heterocycles. The van der Waals surface area contributed by atoms with Crippen LogP contribution in [-0.4, -0.2) is 31.1 Å². The van der Waals surface area contributed by atoms with Crippen molar-refractivity contribution in [1.82, 2.24) is 10.6 Å². The highest BCUT2D eigenvalue weighted by atomic mass is 35.5. The molecule has 1 aliphatic rings. The van der Waals surface area contributed by atoms with Gasteiger partial charge in [0.1, 0.15) is 11.9 Å². The third-order valence-electron chi connectivity index (χ3n) is 2.87. The van der Waals surface area contributed by atoms with Crippen LogP contribution in [0.2, 0.25) is 5.02 Å². The first-order chi connectivity index (χ1) is 9.04. The number of halogens is 1. The van der Waals surface area contributed by atoms with E-state index in [9.17, 15) is 4.79 Å². The lowest BCUT2D eigenvalue weighted by atomic mass is 10.1. The number of hydrogen-bond acceptors (Lipinski definition) is 3. The minimum atomic E-state index is 0.00792. The summed E-state index contributed by atoms with van der Waals surface area (Å²) in [6.45, 7) is 4.85. The van der Waals surface area contributed by atoms with Crippen LogP contribution in [0.1, 0.15) is 19.4 Å². The largest absolute Gasteiger partial charge is 0.488 e. The highest BCUT2D eigenvalue weighted by Gasteiger charge is 2.22. The Kier molecular flexibility index (Phi) is 4.66. The molecule has 1 aromatic rings. The van der Waals surface area contributed by atoms with Crippen molar-refractivity contribution >= 4 is 17.5 Å². The zero-order chi connectivity index (χ0) is 13.8. The molecular formula is C14H19ClN2O2. The third kappa shape index (κ3) is 4.11. The van der Waals surface area contributed by atoms with E-state index < -0.39 is 0 Å². The number of carbonyl (C=O) groups is 1. The summed E-state index contributed by atoms with van der Waals surface area (Å²) < 4.78 is 5.77. The summed E-state index contributed by atoms with van der Waals surface area (Å²) >= 11 is 5.94. The van der Waals surface area contributed by atoms with Gasteiger partial charge in [-0.25, -0.2) is 0 Å². The highest BCUT2D eigenvalue weighted by Crippen LogP contribution is 2.30. The maximum absolute atomic E-state index is 11.5. The molecular weight excluding hydrogens is 264 g/mol. The Morgan fingerprint density at radius 3 is 3.05 bits per heavy atom. The predicted octanol–water partition coefficient (Wildman–Crippen LogP) is 1.76. The van der Waals surface area contributed by atoms with Gasteiger partial charge in [-0.15, -0.1) is 0 Å². The van der Waals surface area contributed by atoms with Gasteiger partial charge < -0.3 is 15.4 Å². The monoisotopic (exact) mass is 282 g/mol. The van der Waals surface area contributed by atoms with E-state index in [1.54, 1.807) is 0 Å². The second kappa shape index (κ2) is 6.26. The summed E-state index contributed by atoms with van der Waals surface area (Å²) in [5, 5.41) is 6.67. The SMILES string of the molecule is CC(C)NC(=O)CNCC1Cc2cc(Cl)ccc2O1. The summed E-state index contributed by atoms with van der Waals surface area (Å²) in [7, 11) is 0. The Bertz CT molecular complexity index is 463. The molecule has 5 heteroatoms. The van der Waals surface area contributed by atoms with E-state index in [1.807, 2.05) is 32.0 Å². The average molecular weight is 283 g/mol. The number of carbonyl (C=O) groups excluding carboxylic acids is 1. The lowest BCUT2D eigenvalue weighted by Gasteiger charge is -2.13. The normalized spacial score (nSPS) is 17.2. The van der Waals surface area contributed by atoms with Crippen LogP contribution < -0.4 is 15.4 Å². The van der Waals surface area contributed by atoms with Gasteiger partial charge in [-0.1, -0.05) is 11.6 Å². The minimum Gasteiger partial charge on any atom is -0.488 e. The molecule has 0 spiro atoms. The molecule has 0 saturated heterocycles. The molecule has 2 rings (SSSR count). The lowest BCUT2D eigenvalue weighted by Crippen LogP contribution is -2.40. The molecule has 19 heavy (non-hydrogen) atoms. The Labute approximate surface area is 118 Å². The first kappa shape index (κ1) is 14.2. The van der Waals surface area contributed by atoms with E-state index in [0.717, 1.165) is 22.8 Å². The van der Waals surface area contributed by atoms with Gasteiger partial charge in [-0.05, 0) is 37.6 Å². The molecule has 1 amide bonds. The summed E-state index contributed by atoms with van der Waals surface area (Å²) in [6.07, 6.45) is 0.898. The maximum Gasteiger partial charge on any atom is 0.234 e. The fourth-order valence-corrected chi connectivity index (χ4v) is 2.32. The maximum atomic E-state index is 11.5. The van der Waals surface area contributed by atoms with Crippen LogP contribution in [0.15, 0.2) is 18.2 Å². The number of fused-ring (bicyclic) bond motifs is 1. The number of nitrogens with one attached hydrogen (secondary N) is 2. The second-order valence-corrected chi connectivity index (χ2v) is 5.49.